The minimum absolute atomic E-state index is 0.0792. The van der Waals surface area contributed by atoms with E-state index in [9.17, 15) is 18.0 Å². The van der Waals surface area contributed by atoms with Crippen LogP contribution in [-0.4, -0.2) is 23.8 Å². The zero-order valence-corrected chi connectivity index (χ0v) is 14.1. The predicted molar refractivity (Wildman–Crippen MR) is 89.0 cm³/mol. The van der Waals surface area contributed by atoms with Gasteiger partial charge in [-0.3, -0.25) is 4.79 Å². The highest BCUT2D eigenvalue weighted by molar-refractivity contribution is 7.13. The standard InChI is InChI=1S/C17H13F3N2O3S/c18-17(19,20)10-24-12-4-1-3-11(7-12)9-21-16(23)13-8-14(25-22-13)15-5-2-6-26-15/h1-8H,9-10H2,(H,21,23). The molecule has 2 heterocycles. The number of benzene rings is 1. The smallest absolute Gasteiger partial charge is 0.422 e. The Kier molecular flexibility index (Phi) is 5.27. The van der Waals surface area contributed by atoms with Gasteiger partial charge < -0.3 is 14.6 Å². The number of halogens is 3. The van der Waals surface area contributed by atoms with E-state index < -0.39 is 18.7 Å². The third kappa shape index (κ3) is 4.85. The normalized spacial score (nSPS) is 11.3. The number of aromatic nitrogens is 1. The maximum atomic E-state index is 12.2. The first-order valence-corrected chi connectivity index (χ1v) is 8.36. The molecule has 0 fully saturated rings. The fourth-order valence-corrected chi connectivity index (χ4v) is 2.77. The molecule has 1 aromatic carbocycles. The first kappa shape index (κ1) is 18.0. The summed E-state index contributed by atoms with van der Waals surface area (Å²) in [7, 11) is 0. The molecule has 0 radical (unpaired) electrons. The summed E-state index contributed by atoms with van der Waals surface area (Å²) in [4.78, 5) is 13.0. The van der Waals surface area contributed by atoms with Crippen molar-refractivity contribution in [3.05, 3.63) is 59.1 Å². The van der Waals surface area contributed by atoms with Crippen LogP contribution in [0.3, 0.4) is 0 Å². The van der Waals surface area contributed by atoms with Crippen LogP contribution in [0.2, 0.25) is 0 Å². The van der Waals surface area contributed by atoms with Crippen LogP contribution in [-0.2, 0) is 6.54 Å². The van der Waals surface area contributed by atoms with Crippen LogP contribution in [0.4, 0.5) is 13.2 Å². The molecule has 0 bridgehead atoms. The Labute approximate surface area is 150 Å². The van der Waals surface area contributed by atoms with Gasteiger partial charge in [-0.05, 0) is 29.1 Å². The zero-order chi connectivity index (χ0) is 18.6. The van der Waals surface area contributed by atoms with Crippen molar-refractivity contribution in [3.8, 4) is 16.4 Å². The van der Waals surface area contributed by atoms with Crippen molar-refractivity contribution in [2.24, 2.45) is 0 Å². The first-order valence-electron chi connectivity index (χ1n) is 7.48. The molecule has 0 unspecified atom stereocenters. The van der Waals surface area contributed by atoms with Gasteiger partial charge in [-0.2, -0.15) is 13.2 Å². The number of nitrogens with zero attached hydrogens (tertiary/aromatic N) is 1. The Bertz CT molecular complexity index is 876. The number of hydrogen-bond donors (Lipinski definition) is 1. The van der Waals surface area contributed by atoms with Gasteiger partial charge >= 0.3 is 6.18 Å². The van der Waals surface area contributed by atoms with E-state index >= 15 is 0 Å². The van der Waals surface area contributed by atoms with Gasteiger partial charge in [0.2, 0.25) is 0 Å². The van der Waals surface area contributed by atoms with E-state index in [0.717, 1.165) is 4.88 Å². The van der Waals surface area contributed by atoms with Crippen LogP contribution in [0.5, 0.6) is 5.75 Å². The van der Waals surface area contributed by atoms with Gasteiger partial charge in [0.1, 0.15) is 5.75 Å². The molecule has 1 N–H and O–H groups in total. The summed E-state index contributed by atoms with van der Waals surface area (Å²) in [5.74, 6) is 0.126. The van der Waals surface area contributed by atoms with Crippen molar-refractivity contribution in [2.45, 2.75) is 12.7 Å². The second kappa shape index (κ2) is 7.61. The fraction of sp³-hybridized carbons (Fsp3) is 0.176. The van der Waals surface area contributed by atoms with Gasteiger partial charge in [-0.25, -0.2) is 0 Å². The third-order valence-corrected chi connectivity index (χ3v) is 4.15. The van der Waals surface area contributed by atoms with E-state index in [-0.39, 0.29) is 18.0 Å². The molecule has 0 saturated heterocycles. The number of ether oxygens (including phenoxy) is 1. The molecular weight excluding hydrogens is 369 g/mol. The van der Waals surface area contributed by atoms with Gasteiger partial charge in [0.15, 0.2) is 18.1 Å². The first-order chi connectivity index (χ1) is 12.4. The Morgan fingerprint density at radius 3 is 2.81 bits per heavy atom. The molecule has 0 saturated carbocycles. The highest BCUT2D eigenvalue weighted by atomic mass is 32.1. The summed E-state index contributed by atoms with van der Waals surface area (Å²) >= 11 is 1.46. The summed E-state index contributed by atoms with van der Waals surface area (Å²) in [6, 6.07) is 11.3. The number of nitrogens with one attached hydrogen (secondary N) is 1. The van der Waals surface area contributed by atoms with Crippen molar-refractivity contribution in [2.75, 3.05) is 6.61 Å². The van der Waals surface area contributed by atoms with Crippen LogP contribution in [0.1, 0.15) is 16.1 Å². The average Bonchev–Trinajstić information content (AvgIpc) is 3.28. The molecule has 1 amide bonds. The van der Waals surface area contributed by atoms with Crippen LogP contribution >= 0.6 is 11.3 Å². The molecule has 0 aliphatic carbocycles. The summed E-state index contributed by atoms with van der Waals surface area (Å²) < 4.78 is 46.4. The van der Waals surface area contributed by atoms with Gasteiger partial charge in [0, 0.05) is 12.6 Å². The molecular formula is C17H13F3N2O3S. The maximum Gasteiger partial charge on any atom is 0.422 e. The second-order valence-electron chi connectivity index (χ2n) is 5.29. The number of amides is 1. The Balaban J connectivity index is 1.58. The summed E-state index contributed by atoms with van der Waals surface area (Å²) in [6.45, 7) is -1.25. The number of alkyl halides is 3. The number of rotatable bonds is 6. The highest BCUT2D eigenvalue weighted by Crippen LogP contribution is 2.25. The summed E-state index contributed by atoms with van der Waals surface area (Å²) in [6.07, 6.45) is -4.41. The third-order valence-electron chi connectivity index (χ3n) is 3.26. The summed E-state index contributed by atoms with van der Waals surface area (Å²) in [5, 5.41) is 8.25. The molecule has 0 aliphatic rings. The van der Waals surface area contributed by atoms with Crippen LogP contribution < -0.4 is 10.1 Å². The lowest BCUT2D eigenvalue weighted by Gasteiger charge is -2.10. The Morgan fingerprint density at radius 2 is 2.08 bits per heavy atom. The van der Waals surface area contributed by atoms with Crippen molar-refractivity contribution in [1.29, 1.82) is 0 Å². The Hall–Kier alpha value is -2.81. The van der Waals surface area contributed by atoms with Crippen LogP contribution in [0.15, 0.2) is 52.4 Å². The molecule has 0 spiro atoms. The summed E-state index contributed by atoms with van der Waals surface area (Å²) in [5.41, 5.74) is 0.720. The predicted octanol–water partition coefficient (Wildman–Crippen LogP) is 4.27. The molecule has 3 aromatic rings. The van der Waals surface area contributed by atoms with E-state index in [1.54, 1.807) is 12.1 Å². The van der Waals surface area contributed by atoms with Gasteiger partial charge in [0.05, 0.1) is 4.88 Å². The molecule has 26 heavy (non-hydrogen) atoms. The lowest BCUT2D eigenvalue weighted by atomic mass is 10.2. The van der Waals surface area contributed by atoms with E-state index in [0.29, 0.717) is 11.3 Å². The van der Waals surface area contributed by atoms with E-state index in [2.05, 4.69) is 15.2 Å². The lowest BCUT2D eigenvalue weighted by molar-refractivity contribution is -0.153. The molecule has 136 valence electrons. The molecule has 0 aliphatic heterocycles. The Morgan fingerprint density at radius 1 is 1.23 bits per heavy atom. The van der Waals surface area contributed by atoms with Crippen molar-refractivity contribution < 1.29 is 27.2 Å². The second-order valence-corrected chi connectivity index (χ2v) is 6.24. The molecule has 0 atom stereocenters. The topological polar surface area (TPSA) is 64.4 Å². The lowest BCUT2D eigenvalue weighted by Crippen LogP contribution is -2.23. The number of thiophene rings is 1. The van der Waals surface area contributed by atoms with Crippen molar-refractivity contribution >= 4 is 17.2 Å². The largest absolute Gasteiger partial charge is 0.484 e. The van der Waals surface area contributed by atoms with E-state index in [1.165, 1.54) is 29.5 Å². The molecule has 3 rings (SSSR count). The quantitative estimate of drug-likeness (QED) is 0.691. The monoisotopic (exact) mass is 382 g/mol. The SMILES string of the molecule is O=C(NCc1cccc(OCC(F)(F)F)c1)c1cc(-c2cccs2)on1. The molecule has 2 aromatic heterocycles. The van der Waals surface area contributed by atoms with E-state index in [1.807, 2.05) is 17.5 Å². The number of carbonyl (C=O) groups excluding carboxylic acids is 1. The van der Waals surface area contributed by atoms with Gasteiger partial charge in [-0.15, -0.1) is 11.3 Å². The number of carbonyl (C=O) groups is 1. The highest BCUT2D eigenvalue weighted by Gasteiger charge is 2.28. The number of hydrogen-bond acceptors (Lipinski definition) is 5. The van der Waals surface area contributed by atoms with Gasteiger partial charge in [0.25, 0.3) is 5.91 Å². The van der Waals surface area contributed by atoms with Crippen LogP contribution in [0, 0.1) is 0 Å². The molecule has 9 heteroatoms. The van der Waals surface area contributed by atoms with Crippen LogP contribution in [0.25, 0.3) is 10.6 Å². The van der Waals surface area contributed by atoms with E-state index in [4.69, 9.17) is 4.52 Å². The fourth-order valence-electron chi connectivity index (χ4n) is 2.10. The van der Waals surface area contributed by atoms with Crippen molar-refractivity contribution in [1.82, 2.24) is 10.5 Å². The van der Waals surface area contributed by atoms with Gasteiger partial charge in [-0.1, -0.05) is 23.4 Å². The zero-order valence-electron chi connectivity index (χ0n) is 13.2. The minimum atomic E-state index is -4.41. The molecule has 5 nitrogen and oxygen atoms in total. The van der Waals surface area contributed by atoms with Crippen molar-refractivity contribution in [3.63, 3.8) is 0 Å². The maximum absolute atomic E-state index is 12.2. The minimum Gasteiger partial charge on any atom is -0.484 e. The average molecular weight is 382 g/mol.